The van der Waals surface area contributed by atoms with E-state index < -0.39 is 23.9 Å². The molecule has 1 unspecified atom stereocenters. The summed E-state index contributed by atoms with van der Waals surface area (Å²) in [6.07, 6.45) is -1.33. The maximum Gasteiger partial charge on any atom is 0.408 e. The van der Waals surface area contributed by atoms with E-state index in [0.717, 1.165) is 17.0 Å². The van der Waals surface area contributed by atoms with Gasteiger partial charge in [0.05, 0.1) is 23.0 Å². The molecule has 1 N–H and O–H groups in total. The predicted octanol–water partition coefficient (Wildman–Crippen LogP) is 3.93. The van der Waals surface area contributed by atoms with Gasteiger partial charge in [0, 0.05) is 29.8 Å². The van der Waals surface area contributed by atoms with Crippen LogP contribution in [0.15, 0.2) is 36.7 Å². The number of H-pyrrole nitrogens is 1. The van der Waals surface area contributed by atoms with Crippen LogP contribution in [0.5, 0.6) is 0 Å². The molecule has 1 fully saturated rings. The minimum atomic E-state index is -4.49. The Bertz CT molecular complexity index is 1000. The van der Waals surface area contributed by atoms with Crippen molar-refractivity contribution in [1.82, 2.24) is 20.1 Å². The molecule has 5 nitrogen and oxygen atoms in total. The number of amides is 1. The number of pyridine rings is 1. The van der Waals surface area contributed by atoms with Crippen molar-refractivity contribution in [2.45, 2.75) is 25.1 Å². The second-order valence-corrected chi connectivity index (χ2v) is 6.40. The second kappa shape index (κ2) is 6.33. The van der Waals surface area contributed by atoms with E-state index in [1.165, 1.54) is 24.5 Å². The van der Waals surface area contributed by atoms with Gasteiger partial charge >= 0.3 is 6.18 Å². The Balaban J connectivity index is 1.86. The minimum absolute atomic E-state index is 0.0229. The van der Waals surface area contributed by atoms with E-state index in [2.05, 4.69) is 15.2 Å². The smallest absolute Gasteiger partial charge is 0.327 e. The van der Waals surface area contributed by atoms with Crippen molar-refractivity contribution in [2.75, 3.05) is 6.54 Å². The highest BCUT2D eigenvalue weighted by molar-refractivity contribution is 6.07. The molecule has 0 aliphatic carbocycles. The van der Waals surface area contributed by atoms with Crippen LogP contribution in [0.2, 0.25) is 0 Å². The van der Waals surface area contributed by atoms with E-state index in [-0.39, 0.29) is 30.5 Å². The molecule has 1 aliphatic heterocycles. The molecule has 3 heterocycles. The van der Waals surface area contributed by atoms with Crippen LogP contribution in [-0.4, -0.2) is 44.8 Å². The molecule has 2 aromatic heterocycles. The first-order valence-corrected chi connectivity index (χ1v) is 8.32. The molecule has 0 saturated carbocycles. The Morgan fingerprint density at radius 3 is 2.78 bits per heavy atom. The zero-order valence-electron chi connectivity index (χ0n) is 13.9. The van der Waals surface area contributed by atoms with Gasteiger partial charge < -0.3 is 4.90 Å². The topological polar surface area (TPSA) is 61.9 Å². The molecule has 1 aliphatic rings. The number of carbonyl (C=O) groups is 1. The van der Waals surface area contributed by atoms with Crippen molar-refractivity contribution in [3.8, 4) is 11.3 Å². The van der Waals surface area contributed by atoms with Gasteiger partial charge in [-0.15, -0.1) is 0 Å². The van der Waals surface area contributed by atoms with Crippen molar-refractivity contribution in [3.63, 3.8) is 0 Å². The van der Waals surface area contributed by atoms with E-state index in [1.54, 1.807) is 0 Å². The van der Waals surface area contributed by atoms with Gasteiger partial charge in [0.15, 0.2) is 0 Å². The Labute approximate surface area is 151 Å². The van der Waals surface area contributed by atoms with E-state index in [0.29, 0.717) is 16.6 Å². The van der Waals surface area contributed by atoms with Crippen LogP contribution in [0.25, 0.3) is 22.2 Å². The highest BCUT2D eigenvalue weighted by atomic mass is 19.4. The largest absolute Gasteiger partial charge is 0.408 e. The maximum absolute atomic E-state index is 13.7. The summed E-state index contributed by atoms with van der Waals surface area (Å²) >= 11 is 0. The Kier molecular flexibility index (Phi) is 4.09. The number of hydrogen-bond donors (Lipinski definition) is 1. The quantitative estimate of drug-likeness (QED) is 0.688. The van der Waals surface area contributed by atoms with Crippen molar-refractivity contribution >= 4 is 16.8 Å². The van der Waals surface area contributed by atoms with E-state index >= 15 is 0 Å². The van der Waals surface area contributed by atoms with Gasteiger partial charge in [-0.05, 0) is 31.0 Å². The van der Waals surface area contributed by atoms with Gasteiger partial charge in [-0.2, -0.15) is 18.3 Å². The van der Waals surface area contributed by atoms with Gasteiger partial charge in [0.2, 0.25) is 0 Å². The van der Waals surface area contributed by atoms with E-state index in [9.17, 15) is 22.4 Å². The third-order valence-corrected chi connectivity index (χ3v) is 4.69. The summed E-state index contributed by atoms with van der Waals surface area (Å²) < 4.78 is 53.5. The molecule has 140 valence electrons. The summed E-state index contributed by atoms with van der Waals surface area (Å²) in [7, 11) is 0. The summed E-state index contributed by atoms with van der Waals surface area (Å²) in [5.41, 5.74) is 1.13. The average molecular weight is 378 g/mol. The number of halogens is 4. The molecule has 0 radical (unpaired) electrons. The van der Waals surface area contributed by atoms with Gasteiger partial charge in [-0.25, -0.2) is 9.37 Å². The summed E-state index contributed by atoms with van der Waals surface area (Å²) in [5.74, 6) is -1.29. The number of hydrogen-bond acceptors (Lipinski definition) is 3. The van der Waals surface area contributed by atoms with Crippen molar-refractivity contribution < 1.29 is 22.4 Å². The molecule has 3 aromatic rings. The zero-order chi connectivity index (χ0) is 19.2. The molecule has 1 saturated heterocycles. The lowest BCUT2D eigenvalue weighted by molar-refractivity contribution is -0.169. The van der Waals surface area contributed by atoms with Crippen molar-refractivity contribution in [1.29, 1.82) is 0 Å². The zero-order valence-corrected chi connectivity index (χ0v) is 13.9. The number of benzene rings is 1. The molecule has 0 bridgehead atoms. The number of aromatic amines is 1. The summed E-state index contributed by atoms with van der Waals surface area (Å²) in [6, 6.07) is 3.29. The third kappa shape index (κ3) is 3.13. The molecular formula is C18H14F4N4O. The monoisotopic (exact) mass is 378 g/mol. The van der Waals surface area contributed by atoms with Crippen LogP contribution < -0.4 is 0 Å². The minimum Gasteiger partial charge on any atom is -0.327 e. The first kappa shape index (κ1) is 17.4. The van der Waals surface area contributed by atoms with Crippen molar-refractivity contribution in [2.24, 2.45) is 0 Å². The van der Waals surface area contributed by atoms with Crippen molar-refractivity contribution in [3.05, 3.63) is 48.0 Å². The fourth-order valence-corrected chi connectivity index (χ4v) is 3.42. The Hall–Kier alpha value is -2.97. The number of aromatic nitrogens is 3. The van der Waals surface area contributed by atoms with Gasteiger partial charge in [0.25, 0.3) is 5.91 Å². The highest BCUT2D eigenvalue weighted by Crippen LogP contribution is 2.35. The lowest BCUT2D eigenvalue weighted by atomic mass is 10.0. The number of carbonyl (C=O) groups excluding carboxylic acids is 1. The number of nitrogens with zero attached hydrogens (tertiary/aromatic N) is 3. The second-order valence-electron chi connectivity index (χ2n) is 6.40. The Morgan fingerprint density at radius 2 is 2.07 bits per heavy atom. The average Bonchev–Trinajstić information content (AvgIpc) is 3.30. The third-order valence-electron chi connectivity index (χ3n) is 4.69. The molecule has 1 amide bonds. The molecule has 1 aromatic carbocycles. The highest BCUT2D eigenvalue weighted by Gasteiger charge is 2.48. The summed E-state index contributed by atoms with van der Waals surface area (Å²) in [6.45, 7) is 0.0229. The Morgan fingerprint density at radius 1 is 1.26 bits per heavy atom. The molecule has 4 rings (SSSR count). The lowest BCUT2D eigenvalue weighted by Gasteiger charge is -2.27. The van der Waals surface area contributed by atoms with Crippen LogP contribution in [0.4, 0.5) is 17.6 Å². The molecule has 1 atom stereocenters. The summed E-state index contributed by atoms with van der Waals surface area (Å²) in [5, 5.41) is 6.73. The van der Waals surface area contributed by atoms with Crippen LogP contribution in [0.3, 0.4) is 0 Å². The molecule has 27 heavy (non-hydrogen) atoms. The number of nitrogens with one attached hydrogen (secondary N) is 1. The molecular weight excluding hydrogens is 364 g/mol. The van der Waals surface area contributed by atoms with Crippen LogP contribution in [0.1, 0.15) is 23.2 Å². The fraction of sp³-hybridized carbons (Fsp3) is 0.278. The van der Waals surface area contributed by atoms with E-state index in [4.69, 9.17) is 0 Å². The van der Waals surface area contributed by atoms with Crippen LogP contribution >= 0.6 is 0 Å². The normalized spacial score (nSPS) is 17.6. The van der Waals surface area contributed by atoms with Crippen LogP contribution in [-0.2, 0) is 0 Å². The first-order valence-electron chi connectivity index (χ1n) is 8.32. The summed E-state index contributed by atoms with van der Waals surface area (Å²) in [4.78, 5) is 18.2. The number of likely N-dealkylation sites (tertiary alicyclic amines) is 1. The molecule has 0 spiro atoms. The van der Waals surface area contributed by atoms with Gasteiger partial charge in [-0.1, -0.05) is 0 Å². The predicted molar refractivity (Wildman–Crippen MR) is 89.4 cm³/mol. The number of fused-ring (bicyclic) bond motifs is 1. The van der Waals surface area contributed by atoms with Gasteiger partial charge in [-0.3, -0.25) is 9.89 Å². The van der Waals surface area contributed by atoms with E-state index in [1.807, 2.05) is 0 Å². The lowest BCUT2D eigenvalue weighted by Crippen LogP contribution is -2.44. The van der Waals surface area contributed by atoms with Gasteiger partial charge in [0.1, 0.15) is 11.9 Å². The standard InChI is InChI=1S/C18H14F4N4O/c19-11-3-4-12-13(17(27)26-5-1-2-16(26)18(20,21)22)7-14(25-15(12)6-11)10-8-23-24-9-10/h3-4,6-9,16H,1-2,5H2,(H,23,24). The maximum atomic E-state index is 13.7. The molecule has 9 heteroatoms. The fourth-order valence-electron chi connectivity index (χ4n) is 3.42. The van der Waals surface area contributed by atoms with Crippen LogP contribution in [0, 0.1) is 5.82 Å². The first-order chi connectivity index (χ1) is 12.8. The SMILES string of the molecule is O=C(c1cc(-c2cn[nH]c2)nc2cc(F)ccc12)N1CCCC1C(F)(F)F. The number of rotatable bonds is 2. The number of alkyl halides is 3.